The fraction of sp³-hybridized carbons (Fsp3) is 0.400. The highest BCUT2D eigenvalue weighted by Crippen LogP contribution is 2.20. The Kier molecular flexibility index (Phi) is 3.25. The maximum absolute atomic E-state index is 13.2. The fourth-order valence-corrected chi connectivity index (χ4v) is 1.13. The maximum atomic E-state index is 13.2. The van der Waals surface area contributed by atoms with E-state index in [1.165, 1.54) is 0 Å². The molecular weight excluding hydrogens is 167 g/mol. The Bertz CT molecular complexity index is 273. The molecule has 13 heavy (non-hydrogen) atoms. The van der Waals surface area contributed by atoms with Gasteiger partial charge in [0.15, 0.2) is 0 Å². The van der Waals surface area contributed by atoms with Gasteiger partial charge in [0.05, 0.1) is 0 Å². The van der Waals surface area contributed by atoms with Crippen molar-refractivity contribution in [3.05, 3.63) is 29.8 Å². The first kappa shape index (κ1) is 9.99. The zero-order valence-electron chi connectivity index (χ0n) is 8.00. The summed E-state index contributed by atoms with van der Waals surface area (Å²) in [5.74, 6) is 0. The number of anilines is 1. The van der Waals surface area contributed by atoms with E-state index in [0.717, 1.165) is 5.69 Å². The Morgan fingerprint density at radius 1 is 1.46 bits per heavy atom. The monoisotopic (exact) mass is 182 g/mol. The summed E-state index contributed by atoms with van der Waals surface area (Å²) in [6.45, 7) is 0.0386. The van der Waals surface area contributed by atoms with Crippen molar-refractivity contribution >= 4 is 5.69 Å². The van der Waals surface area contributed by atoms with Crippen molar-refractivity contribution in [3.63, 3.8) is 0 Å². The molecule has 1 unspecified atom stereocenters. The quantitative estimate of drug-likeness (QED) is 0.771. The molecule has 1 atom stereocenters. The zero-order chi connectivity index (χ0) is 9.84. The van der Waals surface area contributed by atoms with Crippen molar-refractivity contribution in [2.45, 2.75) is 6.17 Å². The van der Waals surface area contributed by atoms with Crippen LogP contribution in [0.15, 0.2) is 24.3 Å². The fourth-order valence-electron chi connectivity index (χ4n) is 1.13. The normalized spacial score (nSPS) is 12.6. The third kappa shape index (κ3) is 2.42. The number of hydrogen-bond donors (Lipinski definition) is 1. The predicted molar refractivity (Wildman–Crippen MR) is 53.7 cm³/mol. The molecule has 1 aromatic rings. The van der Waals surface area contributed by atoms with Crippen LogP contribution in [0.2, 0.25) is 0 Å². The van der Waals surface area contributed by atoms with Crippen molar-refractivity contribution in [3.8, 4) is 0 Å². The summed E-state index contributed by atoms with van der Waals surface area (Å²) in [7, 11) is 3.85. The smallest absolute Gasteiger partial charge is 0.137 e. The highest BCUT2D eigenvalue weighted by Gasteiger charge is 2.07. The summed E-state index contributed by atoms with van der Waals surface area (Å²) in [4.78, 5) is 1.94. The van der Waals surface area contributed by atoms with Gasteiger partial charge in [0.1, 0.15) is 6.17 Å². The van der Waals surface area contributed by atoms with Gasteiger partial charge in [-0.3, -0.25) is 0 Å². The summed E-state index contributed by atoms with van der Waals surface area (Å²) in [6.07, 6.45) is -1.06. The Balaban J connectivity index is 2.91. The molecule has 0 radical (unpaired) electrons. The minimum absolute atomic E-state index is 0.0386. The van der Waals surface area contributed by atoms with Gasteiger partial charge in [0.2, 0.25) is 0 Å². The Labute approximate surface area is 78.2 Å². The van der Waals surface area contributed by atoms with Crippen molar-refractivity contribution in [2.24, 2.45) is 5.73 Å². The lowest BCUT2D eigenvalue weighted by atomic mass is 10.1. The molecule has 0 bridgehead atoms. The van der Waals surface area contributed by atoms with E-state index in [9.17, 15) is 4.39 Å². The van der Waals surface area contributed by atoms with Crippen LogP contribution in [0.5, 0.6) is 0 Å². The van der Waals surface area contributed by atoms with Gasteiger partial charge in [-0.05, 0) is 17.7 Å². The molecule has 72 valence electrons. The Morgan fingerprint density at radius 3 is 2.69 bits per heavy atom. The Morgan fingerprint density at radius 2 is 2.15 bits per heavy atom. The minimum Gasteiger partial charge on any atom is -0.378 e. The number of rotatable bonds is 3. The number of benzene rings is 1. The standard InChI is InChI=1S/C10H15FN2/c1-13(2)9-5-3-4-8(6-9)10(11)7-12/h3-6,10H,7,12H2,1-2H3. The molecule has 2 nitrogen and oxygen atoms in total. The number of hydrogen-bond acceptors (Lipinski definition) is 2. The highest BCUT2D eigenvalue weighted by atomic mass is 19.1. The van der Waals surface area contributed by atoms with Crippen LogP contribution in [0.1, 0.15) is 11.7 Å². The summed E-state index contributed by atoms with van der Waals surface area (Å²) >= 11 is 0. The maximum Gasteiger partial charge on any atom is 0.137 e. The van der Waals surface area contributed by atoms with Crippen LogP contribution in [0, 0.1) is 0 Å². The molecule has 0 amide bonds. The molecule has 0 saturated carbocycles. The molecule has 0 spiro atoms. The lowest BCUT2D eigenvalue weighted by Crippen LogP contribution is -2.11. The van der Waals surface area contributed by atoms with Gasteiger partial charge in [-0.2, -0.15) is 0 Å². The molecule has 0 aromatic heterocycles. The van der Waals surface area contributed by atoms with Gasteiger partial charge in [0.25, 0.3) is 0 Å². The largest absolute Gasteiger partial charge is 0.378 e. The second-order valence-electron chi connectivity index (χ2n) is 3.19. The molecule has 1 aromatic carbocycles. The van der Waals surface area contributed by atoms with Crippen LogP contribution >= 0.6 is 0 Å². The van der Waals surface area contributed by atoms with E-state index >= 15 is 0 Å². The molecule has 0 aliphatic carbocycles. The van der Waals surface area contributed by atoms with E-state index in [-0.39, 0.29) is 6.54 Å². The van der Waals surface area contributed by atoms with E-state index < -0.39 is 6.17 Å². The Hall–Kier alpha value is -1.09. The van der Waals surface area contributed by atoms with E-state index in [2.05, 4.69) is 0 Å². The van der Waals surface area contributed by atoms with E-state index in [0.29, 0.717) is 5.56 Å². The summed E-state index contributed by atoms with van der Waals surface area (Å²) < 4.78 is 13.2. The molecule has 2 N–H and O–H groups in total. The molecule has 3 heteroatoms. The number of alkyl halides is 1. The minimum atomic E-state index is -1.06. The SMILES string of the molecule is CN(C)c1cccc(C(F)CN)c1. The van der Waals surface area contributed by atoms with E-state index in [1.54, 1.807) is 6.07 Å². The molecular formula is C10H15FN2. The third-order valence-electron chi connectivity index (χ3n) is 1.96. The number of nitrogens with two attached hydrogens (primary N) is 1. The summed E-state index contributed by atoms with van der Waals surface area (Å²) in [5.41, 5.74) is 6.88. The van der Waals surface area contributed by atoms with Crippen LogP contribution in [-0.4, -0.2) is 20.6 Å². The molecule has 0 heterocycles. The van der Waals surface area contributed by atoms with Crippen molar-refractivity contribution in [2.75, 3.05) is 25.5 Å². The van der Waals surface area contributed by atoms with Gasteiger partial charge >= 0.3 is 0 Å². The second kappa shape index (κ2) is 4.23. The van der Waals surface area contributed by atoms with Gasteiger partial charge in [0, 0.05) is 26.3 Å². The topological polar surface area (TPSA) is 29.3 Å². The van der Waals surface area contributed by atoms with E-state index in [1.807, 2.05) is 37.2 Å². The molecule has 0 fully saturated rings. The third-order valence-corrected chi connectivity index (χ3v) is 1.96. The molecule has 0 aliphatic rings. The second-order valence-corrected chi connectivity index (χ2v) is 3.19. The van der Waals surface area contributed by atoms with Crippen LogP contribution in [-0.2, 0) is 0 Å². The van der Waals surface area contributed by atoms with Gasteiger partial charge in [-0.25, -0.2) is 4.39 Å². The van der Waals surface area contributed by atoms with Crippen LogP contribution in [0.3, 0.4) is 0 Å². The average molecular weight is 182 g/mol. The molecule has 0 aliphatic heterocycles. The highest BCUT2D eigenvalue weighted by molar-refractivity contribution is 5.47. The van der Waals surface area contributed by atoms with Crippen LogP contribution in [0.4, 0.5) is 10.1 Å². The first-order valence-corrected chi connectivity index (χ1v) is 4.26. The van der Waals surface area contributed by atoms with E-state index in [4.69, 9.17) is 5.73 Å². The van der Waals surface area contributed by atoms with Crippen LogP contribution in [0.25, 0.3) is 0 Å². The first-order valence-electron chi connectivity index (χ1n) is 4.26. The van der Waals surface area contributed by atoms with Crippen LogP contribution < -0.4 is 10.6 Å². The van der Waals surface area contributed by atoms with Gasteiger partial charge in [-0.1, -0.05) is 12.1 Å². The van der Waals surface area contributed by atoms with Crippen molar-refractivity contribution in [1.82, 2.24) is 0 Å². The lowest BCUT2D eigenvalue weighted by molar-refractivity contribution is 0.353. The number of halogens is 1. The van der Waals surface area contributed by atoms with Crippen molar-refractivity contribution in [1.29, 1.82) is 0 Å². The summed E-state index contributed by atoms with van der Waals surface area (Å²) in [6, 6.07) is 7.35. The van der Waals surface area contributed by atoms with Gasteiger partial charge < -0.3 is 10.6 Å². The summed E-state index contributed by atoms with van der Waals surface area (Å²) in [5, 5.41) is 0. The first-order chi connectivity index (χ1) is 6.15. The molecule has 0 saturated heterocycles. The lowest BCUT2D eigenvalue weighted by Gasteiger charge is -2.14. The average Bonchev–Trinajstić information content (AvgIpc) is 2.17. The zero-order valence-corrected chi connectivity index (χ0v) is 8.00. The number of nitrogens with zero attached hydrogens (tertiary/aromatic N) is 1. The predicted octanol–water partition coefficient (Wildman–Crippen LogP) is 1.72. The van der Waals surface area contributed by atoms with Gasteiger partial charge in [-0.15, -0.1) is 0 Å². The molecule has 1 rings (SSSR count). The van der Waals surface area contributed by atoms with Crippen molar-refractivity contribution < 1.29 is 4.39 Å².